The Kier molecular flexibility index (Phi) is 2.03. The van der Waals surface area contributed by atoms with Crippen molar-refractivity contribution in [3.8, 4) is 0 Å². The van der Waals surface area contributed by atoms with Crippen LogP contribution in [0.1, 0.15) is 0 Å². The predicted octanol–water partition coefficient (Wildman–Crippen LogP) is -0.160. The molecular weight excluding hydrogens is 144 g/mol. The maximum atomic E-state index is 10.5. The van der Waals surface area contributed by atoms with Gasteiger partial charge >= 0.3 is 6.03 Å². The molecule has 0 bridgehead atoms. The number of hydrogen-bond acceptors (Lipinski definition) is 3. The number of hydrazine groups is 1. The van der Waals surface area contributed by atoms with Gasteiger partial charge in [-0.15, -0.1) is 0 Å². The highest BCUT2D eigenvalue weighted by molar-refractivity contribution is 5.88. The smallest absolute Gasteiger partial charge is 0.335 e. The molecule has 11 heavy (non-hydrogen) atoms. The summed E-state index contributed by atoms with van der Waals surface area (Å²) in [6.07, 6.45) is 1.53. The van der Waals surface area contributed by atoms with Crippen LogP contribution in [0.4, 0.5) is 10.6 Å². The molecular formula is C6H8N4O. The summed E-state index contributed by atoms with van der Waals surface area (Å²) in [5, 5.41) is 0.778. The number of nitrogens with two attached hydrogens (primary N) is 2. The second-order valence-electron chi connectivity index (χ2n) is 1.90. The zero-order chi connectivity index (χ0) is 8.27. The fourth-order valence-corrected chi connectivity index (χ4v) is 0.609. The van der Waals surface area contributed by atoms with Crippen LogP contribution in [0, 0.1) is 0 Å². The lowest BCUT2D eigenvalue weighted by Gasteiger charge is -2.10. The molecule has 1 aromatic rings. The Balaban J connectivity index is 2.85. The Hall–Kier alpha value is -1.62. The van der Waals surface area contributed by atoms with Crippen molar-refractivity contribution in [1.82, 2.24) is 4.98 Å². The zero-order valence-electron chi connectivity index (χ0n) is 5.77. The zero-order valence-corrected chi connectivity index (χ0v) is 5.77. The van der Waals surface area contributed by atoms with E-state index in [2.05, 4.69) is 4.98 Å². The summed E-state index contributed by atoms with van der Waals surface area (Å²) in [4.78, 5) is 14.3. The second-order valence-corrected chi connectivity index (χ2v) is 1.90. The van der Waals surface area contributed by atoms with Gasteiger partial charge in [0.15, 0.2) is 5.82 Å². The van der Waals surface area contributed by atoms with E-state index in [1.165, 1.54) is 6.20 Å². The minimum Gasteiger partial charge on any atom is -0.350 e. The molecule has 0 spiro atoms. The number of urea groups is 1. The first-order valence-electron chi connectivity index (χ1n) is 2.97. The van der Waals surface area contributed by atoms with E-state index in [1.54, 1.807) is 18.2 Å². The van der Waals surface area contributed by atoms with Crippen molar-refractivity contribution in [2.75, 3.05) is 5.01 Å². The Bertz CT molecular complexity index is 248. The van der Waals surface area contributed by atoms with Gasteiger partial charge < -0.3 is 5.73 Å². The fourth-order valence-electron chi connectivity index (χ4n) is 0.609. The van der Waals surface area contributed by atoms with Gasteiger partial charge in [0.1, 0.15) is 0 Å². The Labute approximate surface area is 63.6 Å². The summed E-state index contributed by atoms with van der Waals surface area (Å²) in [6.45, 7) is 0. The molecule has 0 saturated heterocycles. The first-order chi connectivity index (χ1) is 5.22. The standard InChI is InChI=1S/C6H8N4O/c7-6(11)10(8)5-3-1-2-4-9-5/h1-4H,8H2,(H2,7,11). The molecule has 0 aliphatic heterocycles. The number of aromatic nitrogens is 1. The van der Waals surface area contributed by atoms with Crippen molar-refractivity contribution in [2.24, 2.45) is 11.6 Å². The molecule has 1 rings (SSSR count). The third kappa shape index (κ3) is 1.65. The van der Waals surface area contributed by atoms with Gasteiger partial charge in [0.25, 0.3) is 0 Å². The molecule has 0 radical (unpaired) electrons. The van der Waals surface area contributed by atoms with E-state index >= 15 is 0 Å². The van der Waals surface area contributed by atoms with Crippen LogP contribution in [0.5, 0.6) is 0 Å². The maximum Gasteiger partial charge on any atom is 0.335 e. The maximum absolute atomic E-state index is 10.5. The number of anilines is 1. The molecule has 0 aliphatic carbocycles. The number of carbonyl (C=O) groups is 1. The summed E-state index contributed by atoms with van der Waals surface area (Å²) in [7, 11) is 0. The van der Waals surface area contributed by atoms with E-state index in [4.69, 9.17) is 11.6 Å². The van der Waals surface area contributed by atoms with Crippen molar-refractivity contribution < 1.29 is 4.79 Å². The molecule has 4 N–H and O–H groups in total. The number of primary amides is 1. The molecule has 0 aliphatic rings. The van der Waals surface area contributed by atoms with E-state index in [0.29, 0.717) is 5.82 Å². The summed E-state index contributed by atoms with van der Waals surface area (Å²) in [5.74, 6) is 5.57. The van der Waals surface area contributed by atoms with Gasteiger partial charge in [-0.3, -0.25) is 0 Å². The highest BCUT2D eigenvalue weighted by Crippen LogP contribution is 2.02. The van der Waals surface area contributed by atoms with Crippen molar-refractivity contribution >= 4 is 11.8 Å². The van der Waals surface area contributed by atoms with E-state index < -0.39 is 6.03 Å². The van der Waals surface area contributed by atoms with Gasteiger partial charge in [0, 0.05) is 6.20 Å². The van der Waals surface area contributed by atoms with Gasteiger partial charge in [-0.05, 0) is 12.1 Å². The third-order valence-corrected chi connectivity index (χ3v) is 1.13. The highest BCUT2D eigenvalue weighted by atomic mass is 16.2. The molecule has 0 atom stereocenters. The number of amides is 2. The average Bonchev–Trinajstić information content (AvgIpc) is 2.05. The lowest BCUT2D eigenvalue weighted by molar-refractivity contribution is 0.254. The van der Waals surface area contributed by atoms with Gasteiger partial charge in [-0.25, -0.2) is 20.6 Å². The van der Waals surface area contributed by atoms with E-state index in [1.807, 2.05) is 0 Å². The topological polar surface area (TPSA) is 85.2 Å². The number of pyridine rings is 1. The molecule has 2 amide bonds. The van der Waals surface area contributed by atoms with Gasteiger partial charge in [-0.1, -0.05) is 6.07 Å². The van der Waals surface area contributed by atoms with Crippen LogP contribution >= 0.6 is 0 Å². The fraction of sp³-hybridized carbons (Fsp3) is 0. The van der Waals surface area contributed by atoms with E-state index in [9.17, 15) is 4.79 Å². The molecule has 0 unspecified atom stereocenters. The molecule has 0 aromatic carbocycles. The second kappa shape index (κ2) is 2.98. The highest BCUT2D eigenvalue weighted by Gasteiger charge is 2.05. The molecule has 0 saturated carbocycles. The van der Waals surface area contributed by atoms with Gasteiger partial charge in [0.2, 0.25) is 0 Å². The van der Waals surface area contributed by atoms with Crippen LogP contribution in [-0.2, 0) is 0 Å². The molecule has 1 aromatic heterocycles. The Morgan fingerprint density at radius 1 is 1.55 bits per heavy atom. The van der Waals surface area contributed by atoms with Crippen molar-refractivity contribution in [1.29, 1.82) is 0 Å². The summed E-state index contributed by atoms with van der Waals surface area (Å²) in [6, 6.07) is 4.29. The summed E-state index contributed by atoms with van der Waals surface area (Å²) >= 11 is 0. The van der Waals surface area contributed by atoms with Crippen molar-refractivity contribution in [3.63, 3.8) is 0 Å². The summed E-state index contributed by atoms with van der Waals surface area (Å²) in [5.41, 5.74) is 4.89. The van der Waals surface area contributed by atoms with Crippen LogP contribution in [0.2, 0.25) is 0 Å². The molecule has 5 nitrogen and oxygen atoms in total. The Morgan fingerprint density at radius 3 is 2.73 bits per heavy atom. The van der Waals surface area contributed by atoms with Crippen LogP contribution in [-0.4, -0.2) is 11.0 Å². The van der Waals surface area contributed by atoms with Crippen LogP contribution in [0.3, 0.4) is 0 Å². The van der Waals surface area contributed by atoms with Crippen LogP contribution in [0.15, 0.2) is 24.4 Å². The normalized spacial score (nSPS) is 9.18. The molecule has 1 heterocycles. The minimum atomic E-state index is -0.733. The number of carbonyl (C=O) groups excluding carboxylic acids is 1. The SMILES string of the molecule is NC(=O)N(N)c1ccccn1. The number of hydrogen-bond donors (Lipinski definition) is 2. The first-order valence-corrected chi connectivity index (χ1v) is 2.97. The quantitative estimate of drug-likeness (QED) is 0.333. The third-order valence-electron chi connectivity index (χ3n) is 1.13. The predicted molar refractivity (Wildman–Crippen MR) is 40.5 cm³/mol. The van der Waals surface area contributed by atoms with Crippen molar-refractivity contribution in [2.45, 2.75) is 0 Å². The van der Waals surface area contributed by atoms with Crippen LogP contribution < -0.4 is 16.6 Å². The molecule has 5 heteroatoms. The van der Waals surface area contributed by atoms with Gasteiger partial charge in [-0.2, -0.15) is 0 Å². The molecule has 0 fully saturated rings. The number of nitrogens with zero attached hydrogens (tertiary/aromatic N) is 2. The van der Waals surface area contributed by atoms with E-state index in [0.717, 1.165) is 5.01 Å². The Morgan fingerprint density at radius 2 is 2.27 bits per heavy atom. The van der Waals surface area contributed by atoms with Gasteiger partial charge in [0.05, 0.1) is 0 Å². The average molecular weight is 152 g/mol. The minimum absolute atomic E-state index is 0.333. The first kappa shape index (κ1) is 7.49. The molecule has 58 valence electrons. The lowest BCUT2D eigenvalue weighted by Crippen LogP contribution is -2.41. The summed E-state index contributed by atoms with van der Waals surface area (Å²) < 4.78 is 0. The monoisotopic (exact) mass is 152 g/mol. The van der Waals surface area contributed by atoms with E-state index in [-0.39, 0.29) is 0 Å². The van der Waals surface area contributed by atoms with Crippen LogP contribution in [0.25, 0.3) is 0 Å². The number of rotatable bonds is 1. The van der Waals surface area contributed by atoms with Crippen molar-refractivity contribution in [3.05, 3.63) is 24.4 Å². The largest absolute Gasteiger partial charge is 0.350 e. The lowest BCUT2D eigenvalue weighted by atomic mass is 10.4.